The molecule has 0 aliphatic rings. The number of hydrogen-bond donors (Lipinski definition) is 2. The van der Waals surface area contributed by atoms with E-state index in [4.69, 9.17) is 4.74 Å². The van der Waals surface area contributed by atoms with E-state index in [2.05, 4.69) is 10.6 Å². The quantitative estimate of drug-likeness (QED) is 0.352. The number of nitrogens with zero attached hydrogens (tertiary/aromatic N) is 1. The van der Waals surface area contributed by atoms with Gasteiger partial charge in [0.25, 0.3) is 0 Å². The number of amides is 2. The summed E-state index contributed by atoms with van der Waals surface area (Å²) in [4.78, 5) is 41.2. The largest absolute Gasteiger partial charge is 0.463 e. The van der Waals surface area contributed by atoms with E-state index in [0.717, 1.165) is 5.56 Å². The number of hydrogen-bond acceptors (Lipinski definition) is 5. The first-order valence-corrected chi connectivity index (χ1v) is 12.7. The second-order valence-corrected chi connectivity index (χ2v) is 11.4. The highest BCUT2D eigenvalue weighted by Gasteiger charge is 2.41. The summed E-state index contributed by atoms with van der Waals surface area (Å²) in [7, 11) is 3.48. The molecule has 7 heteroatoms. The Morgan fingerprint density at radius 3 is 2.03 bits per heavy atom. The topological polar surface area (TPSA) is 87.7 Å². The van der Waals surface area contributed by atoms with Gasteiger partial charge in [0.05, 0.1) is 18.7 Å². The molecule has 2 N–H and O–H groups in total. The Kier molecular flexibility index (Phi) is 11.4. The minimum Gasteiger partial charge on any atom is -0.463 e. The number of nitrogens with one attached hydrogen (secondary N) is 2. The average molecular weight is 502 g/mol. The summed E-state index contributed by atoms with van der Waals surface area (Å²) in [5.74, 6) is -0.811. The monoisotopic (exact) mass is 501 g/mol. The zero-order valence-corrected chi connectivity index (χ0v) is 24.1. The van der Waals surface area contributed by atoms with Crippen LogP contribution in [-0.2, 0) is 24.5 Å². The Bertz CT molecular complexity index is 916. The zero-order valence-electron chi connectivity index (χ0n) is 24.1. The molecule has 0 unspecified atom stereocenters. The van der Waals surface area contributed by atoms with Crippen molar-refractivity contribution in [1.29, 1.82) is 0 Å². The number of carbonyl (C=O) groups excluding carboxylic acids is 3. The molecular formula is C29H47N3O4. The van der Waals surface area contributed by atoms with Crippen LogP contribution in [0.1, 0.15) is 67.9 Å². The molecule has 202 valence electrons. The Balaban J connectivity index is 3.28. The lowest BCUT2D eigenvalue weighted by molar-refractivity contribution is -0.141. The van der Waals surface area contributed by atoms with E-state index < -0.39 is 28.9 Å². The van der Waals surface area contributed by atoms with E-state index in [-0.39, 0.29) is 30.4 Å². The highest BCUT2D eigenvalue weighted by molar-refractivity contribution is 5.92. The summed E-state index contributed by atoms with van der Waals surface area (Å²) in [5, 5.41) is 6.21. The van der Waals surface area contributed by atoms with Gasteiger partial charge in [-0.15, -0.1) is 0 Å². The van der Waals surface area contributed by atoms with Crippen molar-refractivity contribution in [3.05, 3.63) is 47.5 Å². The van der Waals surface area contributed by atoms with Gasteiger partial charge in [-0.25, -0.2) is 4.79 Å². The molecule has 0 spiro atoms. The number of esters is 1. The number of benzene rings is 1. The third-order valence-electron chi connectivity index (χ3n) is 6.69. The third-order valence-corrected chi connectivity index (χ3v) is 6.69. The molecule has 1 aromatic carbocycles. The van der Waals surface area contributed by atoms with Crippen LogP contribution in [0.25, 0.3) is 0 Å². The maximum absolute atomic E-state index is 13.8. The normalized spacial score (nSPS) is 15.2. The molecule has 0 heterocycles. The highest BCUT2D eigenvalue weighted by atomic mass is 16.5. The highest BCUT2D eigenvalue weighted by Crippen LogP contribution is 2.29. The second kappa shape index (κ2) is 13.0. The van der Waals surface area contributed by atoms with Crippen LogP contribution >= 0.6 is 0 Å². The summed E-state index contributed by atoms with van der Waals surface area (Å²) < 4.78 is 5.11. The maximum atomic E-state index is 13.8. The first-order valence-electron chi connectivity index (χ1n) is 12.7. The van der Waals surface area contributed by atoms with Crippen LogP contribution in [0, 0.1) is 11.3 Å². The molecule has 0 bridgehead atoms. The summed E-state index contributed by atoms with van der Waals surface area (Å²) in [6.45, 7) is 17.6. The third kappa shape index (κ3) is 7.92. The van der Waals surface area contributed by atoms with E-state index in [0.29, 0.717) is 5.57 Å². The first kappa shape index (κ1) is 31.4. The number of rotatable bonds is 11. The lowest BCUT2D eigenvalue weighted by atomic mass is 9.76. The number of likely N-dealkylation sites (N-methyl/N-ethyl adjacent to an activating group) is 2. The van der Waals surface area contributed by atoms with Gasteiger partial charge in [-0.3, -0.25) is 9.59 Å². The second-order valence-electron chi connectivity index (χ2n) is 11.4. The van der Waals surface area contributed by atoms with Gasteiger partial charge in [0.15, 0.2) is 0 Å². The van der Waals surface area contributed by atoms with Crippen molar-refractivity contribution in [2.75, 3.05) is 20.7 Å². The average Bonchev–Trinajstić information content (AvgIpc) is 2.80. The number of ether oxygens (including phenoxy) is 1. The summed E-state index contributed by atoms with van der Waals surface area (Å²) in [6, 6.07) is 8.19. The van der Waals surface area contributed by atoms with Crippen LogP contribution < -0.4 is 10.6 Å². The van der Waals surface area contributed by atoms with E-state index in [1.165, 1.54) is 0 Å². The van der Waals surface area contributed by atoms with E-state index >= 15 is 0 Å². The SMILES string of the molecule is CCOC(=O)/C(C)=C/[C@H](C(C)C)N(C)C(=O)[C@@H](NC(=O)[C@@H](NC)C(C)(C)c1ccccc1)C(C)(C)C. The Labute approximate surface area is 218 Å². The maximum Gasteiger partial charge on any atom is 0.333 e. The van der Waals surface area contributed by atoms with Gasteiger partial charge in [0, 0.05) is 18.0 Å². The molecule has 0 radical (unpaired) electrons. The molecule has 0 aliphatic carbocycles. The molecule has 0 fully saturated rings. The Hall–Kier alpha value is -2.67. The standard InChI is InChI=1S/C29H47N3O4/c1-12-36-27(35)20(4)18-22(19(2)3)32(11)26(34)24(28(5,6)7)31-25(33)23(30-10)29(8,9)21-16-14-13-15-17-21/h13-19,22-24,30H,12H2,1-11H3,(H,31,33)/b20-18+/t22-,23-,24-/m1/s1. The van der Waals surface area contributed by atoms with Crippen molar-refractivity contribution < 1.29 is 19.1 Å². The molecule has 0 saturated heterocycles. The van der Waals surface area contributed by atoms with Crippen molar-refractivity contribution >= 4 is 17.8 Å². The van der Waals surface area contributed by atoms with Crippen molar-refractivity contribution in [3.8, 4) is 0 Å². The van der Waals surface area contributed by atoms with Gasteiger partial charge >= 0.3 is 5.97 Å². The molecule has 7 nitrogen and oxygen atoms in total. The van der Waals surface area contributed by atoms with Crippen LogP contribution in [0.4, 0.5) is 0 Å². The van der Waals surface area contributed by atoms with Crippen LogP contribution in [-0.4, -0.2) is 61.5 Å². The van der Waals surface area contributed by atoms with E-state index in [9.17, 15) is 14.4 Å². The van der Waals surface area contributed by atoms with Crippen LogP contribution in [0.15, 0.2) is 42.0 Å². The molecule has 1 rings (SSSR count). The van der Waals surface area contributed by atoms with Crippen molar-refractivity contribution in [3.63, 3.8) is 0 Å². The van der Waals surface area contributed by atoms with Crippen LogP contribution in [0.3, 0.4) is 0 Å². The Morgan fingerprint density at radius 2 is 1.58 bits per heavy atom. The fourth-order valence-corrected chi connectivity index (χ4v) is 4.40. The minimum absolute atomic E-state index is 0.0433. The predicted molar refractivity (Wildman–Crippen MR) is 145 cm³/mol. The van der Waals surface area contributed by atoms with Crippen molar-refractivity contribution in [1.82, 2.24) is 15.5 Å². The molecule has 36 heavy (non-hydrogen) atoms. The fraction of sp³-hybridized carbons (Fsp3) is 0.621. The molecule has 0 aliphatic heterocycles. The minimum atomic E-state index is -0.769. The molecular weight excluding hydrogens is 454 g/mol. The lowest BCUT2D eigenvalue weighted by Gasteiger charge is -2.40. The fourth-order valence-electron chi connectivity index (χ4n) is 4.40. The molecule has 2 amide bonds. The first-order chi connectivity index (χ1) is 16.6. The van der Waals surface area contributed by atoms with Crippen molar-refractivity contribution in [2.24, 2.45) is 11.3 Å². The van der Waals surface area contributed by atoms with Gasteiger partial charge in [-0.05, 0) is 37.8 Å². The summed E-state index contributed by atoms with van der Waals surface area (Å²) in [5.41, 5.74) is 0.413. The zero-order chi connectivity index (χ0) is 27.8. The van der Waals surface area contributed by atoms with E-state index in [1.54, 1.807) is 38.9 Å². The van der Waals surface area contributed by atoms with Crippen molar-refractivity contribution in [2.45, 2.75) is 85.9 Å². The predicted octanol–water partition coefficient (Wildman–Crippen LogP) is 4.08. The van der Waals surface area contributed by atoms with Gasteiger partial charge < -0.3 is 20.3 Å². The number of carbonyl (C=O) groups is 3. The lowest BCUT2D eigenvalue weighted by Crippen LogP contribution is -2.61. The summed E-state index contributed by atoms with van der Waals surface area (Å²) in [6.07, 6.45) is 1.77. The molecule has 0 saturated carbocycles. The van der Waals surface area contributed by atoms with Crippen LogP contribution in [0.2, 0.25) is 0 Å². The van der Waals surface area contributed by atoms with Crippen LogP contribution in [0.5, 0.6) is 0 Å². The van der Waals surface area contributed by atoms with E-state index in [1.807, 2.05) is 78.8 Å². The summed E-state index contributed by atoms with van der Waals surface area (Å²) >= 11 is 0. The molecule has 0 aromatic heterocycles. The smallest absolute Gasteiger partial charge is 0.333 e. The Morgan fingerprint density at radius 1 is 1.03 bits per heavy atom. The van der Waals surface area contributed by atoms with Gasteiger partial charge in [0.1, 0.15) is 6.04 Å². The van der Waals surface area contributed by atoms with Gasteiger partial charge in [0.2, 0.25) is 11.8 Å². The van der Waals surface area contributed by atoms with Gasteiger partial charge in [-0.2, -0.15) is 0 Å². The molecule has 1 aromatic rings. The molecule has 3 atom stereocenters. The van der Waals surface area contributed by atoms with Gasteiger partial charge in [-0.1, -0.05) is 84.9 Å².